The summed E-state index contributed by atoms with van der Waals surface area (Å²) in [5.74, 6) is 0.119. The van der Waals surface area contributed by atoms with Crippen molar-refractivity contribution < 1.29 is 14.0 Å². The smallest absolute Gasteiger partial charge is 0.289 e. The van der Waals surface area contributed by atoms with Crippen LogP contribution in [0.4, 0.5) is 0 Å². The van der Waals surface area contributed by atoms with Crippen molar-refractivity contribution in [1.82, 2.24) is 9.80 Å². The molecule has 0 spiro atoms. The van der Waals surface area contributed by atoms with Crippen LogP contribution in [0.5, 0.6) is 0 Å². The van der Waals surface area contributed by atoms with E-state index in [2.05, 4.69) is 0 Å². The Balaban J connectivity index is 1.91. The third-order valence-corrected chi connectivity index (χ3v) is 3.14. The van der Waals surface area contributed by atoms with E-state index in [0.29, 0.717) is 31.9 Å². The molecule has 2 amide bonds. The highest BCUT2D eigenvalue weighted by atomic mass is 35.5. The van der Waals surface area contributed by atoms with Gasteiger partial charge in [0.05, 0.1) is 6.26 Å². The SMILES string of the molecule is C[C@H](Cl)C(=O)N1CCN(C(=O)c2ccco2)CC1. The maximum Gasteiger partial charge on any atom is 0.289 e. The lowest BCUT2D eigenvalue weighted by Gasteiger charge is -2.34. The van der Waals surface area contributed by atoms with E-state index in [4.69, 9.17) is 16.0 Å². The molecule has 1 aromatic heterocycles. The number of hydrogen-bond acceptors (Lipinski definition) is 3. The van der Waals surface area contributed by atoms with Crippen LogP contribution in [-0.2, 0) is 4.79 Å². The van der Waals surface area contributed by atoms with E-state index in [1.165, 1.54) is 6.26 Å². The predicted molar refractivity (Wildman–Crippen MR) is 66.5 cm³/mol. The molecule has 0 unspecified atom stereocenters. The Kier molecular flexibility index (Phi) is 3.91. The van der Waals surface area contributed by atoms with Crippen LogP contribution in [0.25, 0.3) is 0 Å². The predicted octanol–water partition coefficient (Wildman–Crippen LogP) is 1.19. The minimum Gasteiger partial charge on any atom is -0.459 e. The van der Waals surface area contributed by atoms with Gasteiger partial charge in [-0.3, -0.25) is 9.59 Å². The van der Waals surface area contributed by atoms with Gasteiger partial charge in [0.2, 0.25) is 5.91 Å². The van der Waals surface area contributed by atoms with Gasteiger partial charge in [-0.05, 0) is 19.1 Å². The van der Waals surface area contributed by atoms with Crippen molar-refractivity contribution in [1.29, 1.82) is 0 Å². The van der Waals surface area contributed by atoms with Crippen molar-refractivity contribution in [2.24, 2.45) is 0 Å². The average Bonchev–Trinajstić information content (AvgIpc) is 2.91. The normalized spacial score (nSPS) is 17.7. The van der Waals surface area contributed by atoms with Gasteiger partial charge in [-0.1, -0.05) is 0 Å². The summed E-state index contributed by atoms with van der Waals surface area (Å²) in [5, 5.41) is -0.516. The maximum absolute atomic E-state index is 12.0. The van der Waals surface area contributed by atoms with Crippen LogP contribution in [-0.4, -0.2) is 53.2 Å². The molecule has 5 nitrogen and oxygen atoms in total. The zero-order valence-electron chi connectivity index (χ0n) is 10.1. The maximum atomic E-state index is 12.0. The lowest BCUT2D eigenvalue weighted by atomic mass is 10.2. The number of halogens is 1. The number of furan rings is 1. The first-order valence-electron chi connectivity index (χ1n) is 5.85. The number of hydrogen-bond donors (Lipinski definition) is 0. The summed E-state index contributed by atoms with van der Waals surface area (Å²) in [6.45, 7) is 3.71. The van der Waals surface area contributed by atoms with Gasteiger partial charge in [0.25, 0.3) is 5.91 Å². The van der Waals surface area contributed by atoms with Gasteiger partial charge in [-0.25, -0.2) is 0 Å². The number of alkyl halides is 1. The lowest BCUT2D eigenvalue weighted by Crippen LogP contribution is -2.51. The molecule has 1 aliphatic rings. The first-order chi connectivity index (χ1) is 8.59. The molecule has 6 heteroatoms. The molecule has 1 saturated heterocycles. The van der Waals surface area contributed by atoms with E-state index in [0.717, 1.165) is 0 Å². The zero-order valence-corrected chi connectivity index (χ0v) is 10.9. The topological polar surface area (TPSA) is 53.8 Å². The fourth-order valence-electron chi connectivity index (χ4n) is 1.94. The Hall–Kier alpha value is -1.49. The molecule has 1 fully saturated rings. The van der Waals surface area contributed by atoms with Gasteiger partial charge in [-0.2, -0.15) is 0 Å². The van der Waals surface area contributed by atoms with Gasteiger partial charge >= 0.3 is 0 Å². The number of carbonyl (C=O) groups excluding carboxylic acids is 2. The molecule has 0 N–H and O–H groups in total. The largest absolute Gasteiger partial charge is 0.459 e. The third-order valence-electron chi connectivity index (χ3n) is 2.95. The highest BCUT2D eigenvalue weighted by Crippen LogP contribution is 2.11. The summed E-state index contributed by atoms with van der Waals surface area (Å²) in [6, 6.07) is 3.32. The van der Waals surface area contributed by atoms with Gasteiger partial charge < -0.3 is 14.2 Å². The monoisotopic (exact) mass is 270 g/mol. The number of piperazine rings is 1. The number of carbonyl (C=O) groups is 2. The van der Waals surface area contributed by atoms with Gasteiger partial charge in [0.15, 0.2) is 5.76 Å². The molecule has 0 aliphatic carbocycles. The van der Waals surface area contributed by atoms with Gasteiger partial charge in [-0.15, -0.1) is 11.6 Å². The summed E-state index contributed by atoms with van der Waals surface area (Å²) < 4.78 is 5.07. The van der Waals surface area contributed by atoms with Crippen LogP contribution in [0.1, 0.15) is 17.5 Å². The third kappa shape index (κ3) is 2.67. The van der Waals surface area contributed by atoms with Crippen LogP contribution in [0.2, 0.25) is 0 Å². The van der Waals surface area contributed by atoms with E-state index in [9.17, 15) is 9.59 Å². The van der Waals surface area contributed by atoms with E-state index in [1.54, 1.807) is 28.9 Å². The van der Waals surface area contributed by atoms with Crippen molar-refractivity contribution >= 4 is 23.4 Å². The fourth-order valence-corrected chi connectivity index (χ4v) is 2.08. The fraction of sp³-hybridized carbons (Fsp3) is 0.500. The molecule has 0 radical (unpaired) electrons. The Morgan fingerprint density at radius 1 is 1.28 bits per heavy atom. The number of rotatable bonds is 2. The lowest BCUT2D eigenvalue weighted by molar-refractivity contribution is -0.131. The molecule has 18 heavy (non-hydrogen) atoms. The standard InChI is InChI=1S/C12H15ClN2O3/c1-9(13)11(16)14-4-6-15(7-5-14)12(17)10-3-2-8-18-10/h2-3,8-9H,4-7H2,1H3/t9-/m0/s1. The van der Waals surface area contributed by atoms with Crippen LogP contribution in [0.15, 0.2) is 22.8 Å². The summed E-state index contributed by atoms with van der Waals surface area (Å²) in [7, 11) is 0. The van der Waals surface area contributed by atoms with Gasteiger partial charge in [0.1, 0.15) is 5.38 Å². The van der Waals surface area contributed by atoms with E-state index >= 15 is 0 Å². The molecule has 0 bridgehead atoms. The van der Waals surface area contributed by atoms with Crippen molar-refractivity contribution in [2.45, 2.75) is 12.3 Å². The second-order valence-corrected chi connectivity index (χ2v) is 4.87. The zero-order chi connectivity index (χ0) is 13.1. The van der Waals surface area contributed by atoms with Crippen LogP contribution < -0.4 is 0 Å². The molecular formula is C12H15ClN2O3. The number of nitrogens with zero attached hydrogens (tertiary/aromatic N) is 2. The molecule has 0 saturated carbocycles. The Bertz CT molecular complexity index is 423. The van der Waals surface area contributed by atoms with Crippen LogP contribution >= 0.6 is 11.6 Å². The van der Waals surface area contributed by atoms with Gasteiger partial charge in [0, 0.05) is 26.2 Å². The molecule has 98 valence electrons. The second kappa shape index (κ2) is 5.44. The van der Waals surface area contributed by atoms with E-state index in [1.807, 2.05) is 0 Å². The van der Waals surface area contributed by atoms with Crippen LogP contribution in [0.3, 0.4) is 0 Å². The summed E-state index contributed by atoms with van der Waals surface area (Å²) >= 11 is 5.75. The molecule has 2 heterocycles. The Morgan fingerprint density at radius 2 is 1.89 bits per heavy atom. The summed E-state index contributed by atoms with van der Waals surface area (Å²) in [5.41, 5.74) is 0. The molecule has 0 aromatic carbocycles. The highest BCUT2D eigenvalue weighted by molar-refractivity contribution is 6.30. The van der Waals surface area contributed by atoms with E-state index in [-0.39, 0.29) is 11.8 Å². The Labute approximate surface area is 110 Å². The highest BCUT2D eigenvalue weighted by Gasteiger charge is 2.27. The average molecular weight is 271 g/mol. The van der Waals surface area contributed by atoms with Crippen molar-refractivity contribution in [3.8, 4) is 0 Å². The minimum atomic E-state index is -0.516. The quantitative estimate of drug-likeness (QED) is 0.759. The molecular weight excluding hydrogens is 256 g/mol. The molecule has 2 rings (SSSR count). The van der Waals surface area contributed by atoms with Crippen molar-refractivity contribution in [3.63, 3.8) is 0 Å². The Morgan fingerprint density at radius 3 is 2.39 bits per heavy atom. The molecule has 1 aliphatic heterocycles. The van der Waals surface area contributed by atoms with E-state index < -0.39 is 5.38 Å². The first-order valence-corrected chi connectivity index (χ1v) is 6.29. The van der Waals surface area contributed by atoms with Crippen LogP contribution in [0, 0.1) is 0 Å². The first kappa shape index (κ1) is 13.0. The molecule has 1 aromatic rings. The second-order valence-electron chi connectivity index (χ2n) is 4.21. The summed E-state index contributed by atoms with van der Waals surface area (Å²) in [4.78, 5) is 27.0. The summed E-state index contributed by atoms with van der Waals surface area (Å²) in [6.07, 6.45) is 1.47. The van der Waals surface area contributed by atoms with Crippen molar-refractivity contribution in [3.05, 3.63) is 24.2 Å². The molecule has 1 atom stereocenters. The van der Waals surface area contributed by atoms with Crippen molar-refractivity contribution in [2.75, 3.05) is 26.2 Å². The minimum absolute atomic E-state index is 0.0817. The number of amides is 2.